The van der Waals surface area contributed by atoms with E-state index in [1.54, 1.807) is 10.8 Å². The van der Waals surface area contributed by atoms with Crippen molar-refractivity contribution in [3.63, 3.8) is 0 Å². The first-order chi connectivity index (χ1) is 9.33. The van der Waals surface area contributed by atoms with E-state index in [0.717, 1.165) is 16.9 Å². The van der Waals surface area contributed by atoms with Crippen molar-refractivity contribution < 1.29 is 0 Å². The lowest BCUT2D eigenvalue weighted by Gasteiger charge is -2.05. The smallest absolute Gasteiger partial charge is 0.240 e. The van der Waals surface area contributed by atoms with Gasteiger partial charge in [0.15, 0.2) is 5.65 Å². The normalized spacial score (nSPS) is 11.4. The van der Waals surface area contributed by atoms with E-state index in [1.807, 2.05) is 47.0 Å². The minimum atomic E-state index is 0.261. The summed E-state index contributed by atoms with van der Waals surface area (Å²) in [6.45, 7) is 0. The highest BCUT2D eigenvalue weighted by atomic mass is 15.4. The molecule has 4 rings (SSSR count). The Balaban J connectivity index is 2.09. The molecule has 0 saturated carbocycles. The number of nitrogen functional groups attached to an aromatic ring is 1. The molecule has 0 aliphatic heterocycles. The van der Waals surface area contributed by atoms with Gasteiger partial charge in [-0.15, -0.1) is 5.10 Å². The van der Waals surface area contributed by atoms with E-state index in [-0.39, 0.29) is 5.95 Å². The molecule has 0 atom stereocenters. The highest BCUT2D eigenvalue weighted by molar-refractivity contribution is 5.77. The van der Waals surface area contributed by atoms with E-state index in [1.165, 1.54) is 0 Å². The molecular formula is C13H10N6. The number of rotatable bonds is 1. The summed E-state index contributed by atoms with van der Waals surface area (Å²) in [7, 11) is 0. The molecule has 6 nitrogen and oxygen atoms in total. The molecule has 1 aromatic carbocycles. The molecule has 4 aromatic rings. The Labute approximate surface area is 108 Å². The molecule has 0 unspecified atom stereocenters. The topological polar surface area (TPSA) is 74.0 Å². The van der Waals surface area contributed by atoms with Crippen LogP contribution in [0.5, 0.6) is 0 Å². The van der Waals surface area contributed by atoms with E-state index < -0.39 is 0 Å². The number of pyridine rings is 1. The highest BCUT2D eigenvalue weighted by Gasteiger charge is 2.09. The van der Waals surface area contributed by atoms with Gasteiger partial charge in [0.05, 0.1) is 11.0 Å². The van der Waals surface area contributed by atoms with Crippen LogP contribution in [0.25, 0.3) is 22.5 Å². The summed E-state index contributed by atoms with van der Waals surface area (Å²) in [5.74, 6) is 1.12. The molecule has 19 heavy (non-hydrogen) atoms. The summed E-state index contributed by atoms with van der Waals surface area (Å²) in [4.78, 5) is 8.54. The molecular weight excluding hydrogens is 240 g/mol. The summed E-state index contributed by atoms with van der Waals surface area (Å²) in [6, 6.07) is 13.7. The summed E-state index contributed by atoms with van der Waals surface area (Å²) in [5.41, 5.74) is 8.33. The van der Waals surface area contributed by atoms with Crippen molar-refractivity contribution in [2.45, 2.75) is 0 Å². The minimum absolute atomic E-state index is 0.261. The van der Waals surface area contributed by atoms with Crippen molar-refractivity contribution >= 4 is 22.6 Å². The van der Waals surface area contributed by atoms with Gasteiger partial charge in [-0.2, -0.15) is 9.50 Å². The van der Waals surface area contributed by atoms with Crippen LogP contribution in [0.4, 0.5) is 5.95 Å². The number of nitrogens with zero attached hydrogens (tertiary/aromatic N) is 5. The Morgan fingerprint density at radius 1 is 1.00 bits per heavy atom. The van der Waals surface area contributed by atoms with Gasteiger partial charge in [0, 0.05) is 0 Å². The SMILES string of the molecule is Nc1nc2cccc(-n3cnc4ccccc43)n2n1. The van der Waals surface area contributed by atoms with Crippen LogP contribution in [-0.2, 0) is 0 Å². The Morgan fingerprint density at radius 3 is 2.84 bits per heavy atom. The zero-order valence-electron chi connectivity index (χ0n) is 9.93. The van der Waals surface area contributed by atoms with Crippen molar-refractivity contribution in [1.82, 2.24) is 24.1 Å². The van der Waals surface area contributed by atoms with Gasteiger partial charge in [-0.25, -0.2) is 4.98 Å². The minimum Gasteiger partial charge on any atom is -0.366 e. The summed E-state index contributed by atoms with van der Waals surface area (Å²) in [6.07, 6.45) is 1.78. The summed E-state index contributed by atoms with van der Waals surface area (Å²) >= 11 is 0. The molecule has 0 fully saturated rings. The van der Waals surface area contributed by atoms with Crippen LogP contribution in [0.2, 0.25) is 0 Å². The van der Waals surface area contributed by atoms with Gasteiger partial charge in [-0.05, 0) is 24.3 Å². The highest BCUT2D eigenvalue weighted by Crippen LogP contribution is 2.18. The van der Waals surface area contributed by atoms with Crippen molar-refractivity contribution in [3.8, 4) is 5.82 Å². The van der Waals surface area contributed by atoms with E-state index in [9.17, 15) is 0 Å². The lowest BCUT2D eigenvalue weighted by Crippen LogP contribution is -2.02. The molecule has 0 aliphatic rings. The monoisotopic (exact) mass is 250 g/mol. The third-order valence-electron chi connectivity index (χ3n) is 3.06. The molecule has 92 valence electrons. The van der Waals surface area contributed by atoms with E-state index in [0.29, 0.717) is 5.65 Å². The van der Waals surface area contributed by atoms with Crippen LogP contribution in [-0.4, -0.2) is 24.1 Å². The quantitative estimate of drug-likeness (QED) is 0.557. The fourth-order valence-electron chi connectivity index (χ4n) is 2.23. The molecule has 0 bridgehead atoms. The first kappa shape index (κ1) is 10.1. The summed E-state index contributed by atoms with van der Waals surface area (Å²) in [5, 5.41) is 4.21. The number of anilines is 1. The largest absolute Gasteiger partial charge is 0.366 e. The van der Waals surface area contributed by atoms with Crippen LogP contribution < -0.4 is 5.73 Å². The van der Waals surface area contributed by atoms with Gasteiger partial charge < -0.3 is 5.73 Å². The number of para-hydroxylation sites is 2. The van der Waals surface area contributed by atoms with Crippen molar-refractivity contribution in [2.24, 2.45) is 0 Å². The fourth-order valence-corrected chi connectivity index (χ4v) is 2.23. The molecule has 6 heteroatoms. The number of nitrogens with two attached hydrogens (primary N) is 1. The van der Waals surface area contributed by atoms with E-state index >= 15 is 0 Å². The molecule has 0 amide bonds. The Morgan fingerprint density at radius 2 is 1.89 bits per heavy atom. The maximum Gasteiger partial charge on any atom is 0.240 e. The standard InChI is InChI=1S/C13H10N6/c14-13-16-11-6-3-7-12(19(11)17-13)18-8-15-9-4-1-2-5-10(9)18/h1-8H,(H2,14,17). The number of hydrogen-bond donors (Lipinski definition) is 1. The van der Waals surface area contributed by atoms with Crippen LogP contribution in [0.15, 0.2) is 48.8 Å². The zero-order valence-corrected chi connectivity index (χ0v) is 9.93. The fraction of sp³-hybridized carbons (Fsp3) is 0. The van der Waals surface area contributed by atoms with Crippen molar-refractivity contribution in [1.29, 1.82) is 0 Å². The van der Waals surface area contributed by atoms with Crippen LogP contribution in [0, 0.1) is 0 Å². The first-order valence-corrected chi connectivity index (χ1v) is 5.87. The van der Waals surface area contributed by atoms with E-state index in [4.69, 9.17) is 5.73 Å². The number of imidazole rings is 1. The maximum atomic E-state index is 5.66. The average Bonchev–Trinajstić information content (AvgIpc) is 3.00. The van der Waals surface area contributed by atoms with Gasteiger partial charge in [0.1, 0.15) is 12.1 Å². The van der Waals surface area contributed by atoms with Crippen LogP contribution in [0.1, 0.15) is 0 Å². The number of hydrogen-bond acceptors (Lipinski definition) is 4. The van der Waals surface area contributed by atoms with Crippen LogP contribution in [0.3, 0.4) is 0 Å². The molecule has 3 heterocycles. The lowest BCUT2D eigenvalue weighted by molar-refractivity contribution is 0.884. The molecule has 0 spiro atoms. The first-order valence-electron chi connectivity index (χ1n) is 5.87. The second-order valence-electron chi connectivity index (χ2n) is 4.23. The van der Waals surface area contributed by atoms with Gasteiger partial charge in [-0.1, -0.05) is 18.2 Å². The van der Waals surface area contributed by atoms with Gasteiger partial charge in [0.25, 0.3) is 0 Å². The Kier molecular flexibility index (Phi) is 1.88. The molecule has 2 N–H and O–H groups in total. The third-order valence-corrected chi connectivity index (χ3v) is 3.06. The number of fused-ring (bicyclic) bond motifs is 2. The second kappa shape index (κ2) is 3.55. The average molecular weight is 250 g/mol. The van der Waals surface area contributed by atoms with Crippen molar-refractivity contribution in [3.05, 3.63) is 48.8 Å². The number of aromatic nitrogens is 5. The van der Waals surface area contributed by atoms with Crippen LogP contribution >= 0.6 is 0 Å². The Bertz CT molecular complexity index is 888. The zero-order chi connectivity index (χ0) is 12.8. The van der Waals surface area contributed by atoms with Gasteiger partial charge >= 0.3 is 0 Å². The molecule has 0 aliphatic carbocycles. The second-order valence-corrected chi connectivity index (χ2v) is 4.23. The summed E-state index contributed by atoms with van der Waals surface area (Å²) < 4.78 is 3.68. The molecule has 0 saturated heterocycles. The Hall–Kier alpha value is -2.89. The number of benzene rings is 1. The van der Waals surface area contributed by atoms with Gasteiger partial charge in [-0.3, -0.25) is 4.57 Å². The molecule has 0 radical (unpaired) electrons. The lowest BCUT2D eigenvalue weighted by atomic mass is 10.3. The van der Waals surface area contributed by atoms with Crippen molar-refractivity contribution in [2.75, 3.05) is 5.73 Å². The predicted molar refractivity (Wildman–Crippen MR) is 72.0 cm³/mol. The predicted octanol–water partition coefficient (Wildman–Crippen LogP) is 1.65. The van der Waals surface area contributed by atoms with Gasteiger partial charge in [0.2, 0.25) is 5.95 Å². The third kappa shape index (κ3) is 1.40. The molecule has 3 aromatic heterocycles. The maximum absolute atomic E-state index is 5.66. The van der Waals surface area contributed by atoms with E-state index in [2.05, 4.69) is 15.1 Å².